The van der Waals surface area contributed by atoms with Gasteiger partial charge in [0.2, 0.25) is 0 Å². The van der Waals surface area contributed by atoms with Crippen LogP contribution in [0.25, 0.3) is 0 Å². The van der Waals surface area contributed by atoms with E-state index >= 15 is 0 Å². The van der Waals surface area contributed by atoms with Gasteiger partial charge < -0.3 is 13.6 Å². The molecule has 0 aliphatic carbocycles. The van der Waals surface area contributed by atoms with Crippen molar-refractivity contribution < 1.29 is 13.6 Å². The average molecular weight is 343 g/mol. The quantitative estimate of drug-likeness (QED) is 0.691. The van der Waals surface area contributed by atoms with Gasteiger partial charge in [0.1, 0.15) is 0 Å². The summed E-state index contributed by atoms with van der Waals surface area (Å²) in [6.45, 7) is 4.27. The molecule has 0 aromatic heterocycles. The van der Waals surface area contributed by atoms with Crippen molar-refractivity contribution >= 4 is 18.9 Å². The first-order valence-electron chi connectivity index (χ1n) is 8.85. The Bertz CT molecular complexity index is 557. The summed E-state index contributed by atoms with van der Waals surface area (Å²) >= 11 is 0. The van der Waals surface area contributed by atoms with E-state index in [9.17, 15) is 0 Å². The molecular formula is C20H26O3Si. The normalized spacial score (nSPS) is 18.0. The van der Waals surface area contributed by atoms with E-state index in [4.69, 9.17) is 13.6 Å². The molecule has 1 atom stereocenters. The second-order valence-electron chi connectivity index (χ2n) is 6.14. The van der Waals surface area contributed by atoms with Gasteiger partial charge in [0.05, 0.1) is 12.7 Å². The van der Waals surface area contributed by atoms with Crippen molar-refractivity contribution in [1.29, 1.82) is 0 Å². The van der Waals surface area contributed by atoms with Crippen LogP contribution in [-0.2, 0) is 13.6 Å². The van der Waals surface area contributed by atoms with Gasteiger partial charge in [-0.05, 0) is 29.6 Å². The van der Waals surface area contributed by atoms with Gasteiger partial charge in [0.15, 0.2) is 0 Å². The Morgan fingerprint density at radius 1 is 0.958 bits per heavy atom. The van der Waals surface area contributed by atoms with E-state index in [0.29, 0.717) is 13.2 Å². The highest BCUT2D eigenvalue weighted by atomic mass is 28.4. The molecule has 1 saturated heterocycles. The van der Waals surface area contributed by atoms with Crippen LogP contribution in [0.1, 0.15) is 26.2 Å². The van der Waals surface area contributed by atoms with Crippen LogP contribution >= 0.6 is 0 Å². The van der Waals surface area contributed by atoms with Crippen molar-refractivity contribution in [1.82, 2.24) is 0 Å². The first kappa shape index (κ1) is 17.4. The van der Waals surface area contributed by atoms with Crippen molar-refractivity contribution in [3.8, 4) is 0 Å². The molecule has 1 heterocycles. The van der Waals surface area contributed by atoms with Gasteiger partial charge in [-0.15, -0.1) is 0 Å². The minimum absolute atomic E-state index is 0.189. The predicted octanol–water partition coefficient (Wildman–Crippen LogP) is 2.87. The lowest BCUT2D eigenvalue weighted by molar-refractivity contribution is 0.0537. The van der Waals surface area contributed by atoms with Gasteiger partial charge in [-0.3, -0.25) is 0 Å². The van der Waals surface area contributed by atoms with E-state index in [0.717, 1.165) is 36.2 Å². The molecule has 1 fully saturated rings. The van der Waals surface area contributed by atoms with Gasteiger partial charge in [0, 0.05) is 13.2 Å². The summed E-state index contributed by atoms with van der Waals surface area (Å²) in [5, 5.41) is 2.31. The fraction of sp³-hybridized carbons (Fsp3) is 0.400. The van der Waals surface area contributed by atoms with E-state index in [1.165, 1.54) is 0 Å². The monoisotopic (exact) mass is 342 g/mol. The molecule has 2 aromatic carbocycles. The molecule has 0 saturated carbocycles. The summed E-state index contributed by atoms with van der Waals surface area (Å²) in [5.41, 5.74) is 0. The van der Waals surface area contributed by atoms with Crippen molar-refractivity contribution in [3.05, 3.63) is 60.7 Å². The van der Waals surface area contributed by atoms with Gasteiger partial charge in [-0.25, -0.2) is 0 Å². The van der Waals surface area contributed by atoms with Crippen LogP contribution < -0.4 is 10.4 Å². The van der Waals surface area contributed by atoms with Gasteiger partial charge in [-0.1, -0.05) is 67.6 Å². The summed E-state index contributed by atoms with van der Waals surface area (Å²) in [6, 6.07) is 20.8. The summed E-state index contributed by atoms with van der Waals surface area (Å²) in [7, 11) is -2.72. The largest absolute Gasteiger partial charge is 0.407 e. The third-order valence-corrected chi connectivity index (χ3v) is 7.68. The zero-order chi connectivity index (χ0) is 16.7. The van der Waals surface area contributed by atoms with Crippen molar-refractivity contribution in [3.63, 3.8) is 0 Å². The third-order valence-electron chi connectivity index (χ3n) is 4.31. The Labute approximate surface area is 145 Å². The Balaban J connectivity index is 1.95. The van der Waals surface area contributed by atoms with Crippen LogP contribution in [0.5, 0.6) is 0 Å². The fourth-order valence-corrected chi connectivity index (χ4v) is 6.35. The molecule has 24 heavy (non-hydrogen) atoms. The number of ether oxygens (including phenoxy) is 1. The minimum atomic E-state index is -2.72. The van der Waals surface area contributed by atoms with Gasteiger partial charge in [0.25, 0.3) is 0 Å². The number of hydrogen-bond donors (Lipinski definition) is 0. The van der Waals surface area contributed by atoms with Gasteiger partial charge in [-0.2, -0.15) is 0 Å². The maximum absolute atomic E-state index is 6.58. The van der Waals surface area contributed by atoms with Crippen LogP contribution in [0.4, 0.5) is 0 Å². The van der Waals surface area contributed by atoms with Crippen molar-refractivity contribution in [2.45, 2.75) is 32.3 Å². The molecule has 4 heteroatoms. The molecule has 0 amide bonds. The van der Waals surface area contributed by atoms with Crippen LogP contribution in [0, 0.1) is 0 Å². The van der Waals surface area contributed by atoms with E-state index in [2.05, 4.69) is 55.5 Å². The Morgan fingerprint density at radius 2 is 1.58 bits per heavy atom. The molecule has 0 bridgehead atoms. The smallest absolute Gasteiger partial charge is 0.388 e. The fourth-order valence-electron chi connectivity index (χ4n) is 3.09. The van der Waals surface area contributed by atoms with Crippen LogP contribution in [0.3, 0.4) is 0 Å². The zero-order valence-corrected chi connectivity index (χ0v) is 15.3. The molecule has 3 nitrogen and oxygen atoms in total. The molecule has 1 aliphatic rings. The van der Waals surface area contributed by atoms with E-state index in [1.54, 1.807) is 0 Å². The third kappa shape index (κ3) is 3.95. The molecule has 128 valence electrons. The second-order valence-corrected chi connectivity index (χ2v) is 9.11. The second kappa shape index (κ2) is 8.58. The Hall–Kier alpha value is -1.46. The number of hydrogen-bond acceptors (Lipinski definition) is 3. The molecule has 2 aromatic rings. The Morgan fingerprint density at radius 3 is 2.08 bits per heavy atom. The van der Waals surface area contributed by atoms with E-state index in [-0.39, 0.29) is 6.10 Å². The average Bonchev–Trinajstić information content (AvgIpc) is 3.17. The van der Waals surface area contributed by atoms with Crippen LogP contribution in [0.15, 0.2) is 60.7 Å². The maximum Gasteiger partial charge on any atom is 0.407 e. The highest BCUT2D eigenvalue weighted by Crippen LogP contribution is 2.17. The molecule has 0 radical (unpaired) electrons. The lowest BCUT2D eigenvalue weighted by atomic mass is 10.2. The molecule has 0 spiro atoms. The summed E-state index contributed by atoms with van der Waals surface area (Å²) < 4.78 is 18.8. The Kier molecular flexibility index (Phi) is 6.21. The summed E-state index contributed by atoms with van der Waals surface area (Å²) in [6.07, 6.45) is 3.35. The van der Waals surface area contributed by atoms with Crippen molar-refractivity contribution in [2.24, 2.45) is 0 Å². The number of benzene rings is 2. The lowest BCUT2D eigenvalue weighted by Gasteiger charge is -2.32. The first-order chi connectivity index (χ1) is 11.8. The van der Waals surface area contributed by atoms with Crippen molar-refractivity contribution in [2.75, 3.05) is 19.8 Å². The van der Waals surface area contributed by atoms with Crippen LogP contribution in [0.2, 0.25) is 0 Å². The highest BCUT2D eigenvalue weighted by molar-refractivity contribution is 6.92. The minimum Gasteiger partial charge on any atom is -0.388 e. The summed E-state index contributed by atoms with van der Waals surface area (Å²) in [4.78, 5) is 0. The lowest BCUT2D eigenvalue weighted by Crippen LogP contribution is -2.64. The summed E-state index contributed by atoms with van der Waals surface area (Å²) in [5.74, 6) is 0. The van der Waals surface area contributed by atoms with E-state index in [1.807, 2.05) is 12.1 Å². The zero-order valence-electron chi connectivity index (χ0n) is 14.3. The molecule has 1 aliphatic heterocycles. The maximum atomic E-state index is 6.58. The molecule has 0 N–H and O–H groups in total. The van der Waals surface area contributed by atoms with Gasteiger partial charge >= 0.3 is 8.56 Å². The number of rotatable bonds is 8. The van der Waals surface area contributed by atoms with Crippen LogP contribution in [-0.4, -0.2) is 34.5 Å². The standard InChI is InChI=1S/C20H26O3Si/c1-2-15-22-24(19-11-5-3-6-12-19,20-13-7-4-8-14-20)23-17-18-10-9-16-21-18/h3-8,11-14,18H,2,9-10,15-17H2,1H3. The SMILES string of the molecule is CCCO[Si](OCC1CCCO1)(c1ccccc1)c1ccccc1. The first-order valence-corrected chi connectivity index (χ1v) is 10.7. The van der Waals surface area contributed by atoms with E-state index < -0.39 is 8.56 Å². The highest BCUT2D eigenvalue weighted by Gasteiger charge is 2.43. The molecular weight excluding hydrogens is 316 g/mol. The molecule has 3 rings (SSSR count). The topological polar surface area (TPSA) is 27.7 Å². The predicted molar refractivity (Wildman–Crippen MR) is 99.1 cm³/mol. The molecule has 1 unspecified atom stereocenters.